The summed E-state index contributed by atoms with van der Waals surface area (Å²) in [4.78, 5) is 21.4. The number of hydrogen-bond acceptors (Lipinski definition) is 4. The van der Waals surface area contributed by atoms with Crippen molar-refractivity contribution in [3.05, 3.63) is 33.1 Å². The van der Waals surface area contributed by atoms with Gasteiger partial charge in [0.05, 0.1) is 15.9 Å². The van der Waals surface area contributed by atoms with Gasteiger partial charge in [0, 0.05) is 18.7 Å². The van der Waals surface area contributed by atoms with Crippen molar-refractivity contribution in [3.8, 4) is 0 Å². The van der Waals surface area contributed by atoms with Crippen LogP contribution in [0, 0.1) is 27.8 Å². The van der Waals surface area contributed by atoms with Crippen molar-refractivity contribution >= 4 is 28.9 Å². The molecule has 0 amide bonds. The van der Waals surface area contributed by atoms with E-state index in [4.69, 9.17) is 16.7 Å². The van der Waals surface area contributed by atoms with Crippen molar-refractivity contribution in [2.45, 2.75) is 19.3 Å². The van der Waals surface area contributed by atoms with Gasteiger partial charge in [-0.15, -0.1) is 0 Å². The standard InChI is InChI=1S/C13H14ClFN2O4/c14-9-4-12(17(20)21)11(5-10(9)15)16-6-7-2-1-3-8(7)13(18)19/h4-5,7-8,16H,1-3,6H2,(H,18,19). The molecule has 1 aromatic carbocycles. The number of nitrogens with zero attached hydrogens (tertiary/aromatic N) is 1. The normalized spacial score (nSPS) is 21.2. The molecule has 114 valence electrons. The predicted molar refractivity (Wildman–Crippen MR) is 75.0 cm³/mol. The molecule has 1 aliphatic rings. The van der Waals surface area contributed by atoms with E-state index in [0.29, 0.717) is 6.42 Å². The Morgan fingerprint density at radius 2 is 2.24 bits per heavy atom. The van der Waals surface area contributed by atoms with Crippen LogP contribution in [0.4, 0.5) is 15.8 Å². The molecule has 0 radical (unpaired) electrons. The summed E-state index contributed by atoms with van der Waals surface area (Å²) in [5.41, 5.74) is -0.316. The van der Waals surface area contributed by atoms with E-state index in [2.05, 4.69) is 5.32 Å². The van der Waals surface area contributed by atoms with Crippen LogP contribution in [0.1, 0.15) is 19.3 Å². The van der Waals surface area contributed by atoms with Gasteiger partial charge in [-0.1, -0.05) is 18.0 Å². The van der Waals surface area contributed by atoms with Gasteiger partial charge in [0.25, 0.3) is 5.69 Å². The molecule has 0 bridgehead atoms. The molecule has 2 unspecified atom stereocenters. The number of benzene rings is 1. The average Bonchev–Trinajstić information content (AvgIpc) is 2.88. The highest BCUT2D eigenvalue weighted by Gasteiger charge is 2.33. The highest BCUT2D eigenvalue weighted by atomic mass is 35.5. The molecule has 21 heavy (non-hydrogen) atoms. The number of anilines is 1. The second kappa shape index (κ2) is 6.26. The molecule has 1 aromatic rings. The summed E-state index contributed by atoms with van der Waals surface area (Å²) in [7, 11) is 0. The molecule has 1 aliphatic carbocycles. The molecule has 8 heteroatoms. The Morgan fingerprint density at radius 1 is 1.52 bits per heavy atom. The van der Waals surface area contributed by atoms with Gasteiger partial charge in [0.15, 0.2) is 0 Å². The second-order valence-electron chi connectivity index (χ2n) is 5.06. The van der Waals surface area contributed by atoms with E-state index in [1.807, 2.05) is 0 Å². The maximum absolute atomic E-state index is 13.4. The largest absolute Gasteiger partial charge is 0.481 e. The zero-order valence-electron chi connectivity index (χ0n) is 11.0. The van der Waals surface area contributed by atoms with Crippen molar-refractivity contribution in [2.75, 3.05) is 11.9 Å². The van der Waals surface area contributed by atoms with Crippen LogP contribution < -0.4 is 5.32 Å². The highest BCUT2D eigenvalue weighted by molar-refractivity contribution is 6.31. The lowest BCUT2D eigenvalue weighted by atomic mass is 9.96. The number of nitro benzene ring substituents is 1. The van der Waals surface area contributed by atoms with Crippen LogP contribution >= 0.6 is 11.6 Å². The van der Waals surface area contributed by atoms with Crippen LogP contribution in [-0.4, -0.2) is 22.5 Å². The first-order chi connectivity index (χ1) is 9.90. The van der Waals surface area contributed by atoms with Crippen molar-refractivity contribution in [1.82, 2.24) is 0 Å². The monoisotopic (exact) mass is 316 g/mol. The van der Waals surface area contributed by atoms with E-state index >= 15 is 0 Å². The molecule has 0 aromatic heterocycles. The third kappa shape index (κ3) is 3.41. The molecule has 2 atom stereocenters. The first kappa shape index (κ1) is 15.5. The molecular weight excluding hydrogens is 303 g/mol. The van der Waals surface area contributed by atoms with E-state index in [9.17, 15) is 19.3 Å². The van der Waals surface area contributed by atoms with Crippen molar-refractivity contribution in [2.24, 2.45) is 11.8 Å². The minimum atomic E-state index is -0.865. The fourth-order valence-electron chi connectivity index (χ4n) is 2.68. The first-order valence-electron chi connectivity index (χ1n) is 6.50. The number of carboxylic acid groups (broad SMARTS) is 1. The Hall–Kier alpha value is -1.89. The Balaban J connectivity index is 2.14. The third-order valence-corrected chi connectivity index (χ3v) is 4.06. The fourth-order valence-corrected chi connectivity index (χ4v) is 2.83. The first-order valence-corrected chi connectivity index (χ1v) is 6.88. The number of aliphatic carboxylic acids is 1. The number of carboxylic acids is 1. The molecule has 0 heterocycles. The zero-order valence-corrected chi connectivity index (χ0v) is 11.8. The molecule has 1 fully saturated rings. The minimum absolute atomic E-state index is 0.0120. The minimum Gasteiger partial charge on any atom is -0.481 e. The summed E-state index contributed by atoms with van der Waals surface area (Å²) in [6.07, 6.45) is 2.13. The van der Waals surface area contributed by atoms with Gasteiger partial charge in [-0.05, 0) is 18.8 Å². The smallest absolute Gasteiger partial charge is 0.306 e. The van der Waals surface area contributed by atoms with Crippen LogP contribution in [0.3, 0.4) is 0 Å². The zero-order chi connectivity index (χ0) is 15.6. The number of hydrogen-bond donors (Lipinski definition) is 2. The molecular formula is C13H14ClFN2O4. The van der Waals surface area contributed by atoms with Crippen LogP contribution in [0.15, 0.2) is 12.1 Å². The molecule has 2 N–H and O–H groups in total. The van der Waals surface area contributed by atoms with Crippen LogP contribution in [0.5, 0.6) is 0 Å². The molecule has 6 nitrogen and oxygen atoms in total. The topological polar surface area (TPSA) is 92.5 Å². The average molecular weight is 317 g/mol. The summed E-state index contributed by atoms with van der Waals surface area (Å²) in [6.45, 7) is 0.249. The van der Waals surface area contributed by atoms with Crippen LogP contribution in [0.2, 0.25) is 5.02 Å². The quantitative estimate of drug-likeness (QED) is 0.642. The summed E-state index contributed by atoms with van der Waals surface area (Å²) in [5, 5.41) is 22.5. The second-order valence-corrected chi connectivity index (χ2v) is 5.46. The molecule has 1 saturated carbocycles. The number of rotatable bonds is 5. The lowest BCUT2D eigenvalue weighted by Crippen LogP contribution is -2.24. The van der Waals surface area contributed by atoms with Gasteiger partial charge >= 0.3 is 5.97 Å². The van der Waals surface area contributed by atoms with E-state index in [1.165, 1.54) is 0 Å². The van der Waals surface area contributed by atoms with Crippen molar-refractivity contribution in [3.63, 3.8) is 0 Å². The third-order valence-electron chi connectivity index (χ3n) is 3.77. The molecule has 2 rings (SSSR count). The maximum atomic E-state index is 13.4. The van der Waals surface area contributed by atoms with Gasteiger partial charge in [-0.25, -0.2) is 4.39 Å². The number of halogens is 2. The van der Waals surface area contributed by atoms with Crippen LogP contribution in [-0.2, 0) is 4.79 Å². The summed E-state index contributed by atoms with van der Waals surface area (Å²) < 4.78 is 13.4. The number of carbonyl (C=O) groups is 1. The molecule has 0 spiro atoms. The molecule has 0 aliphatic heterocycles. The van der Waals surface area contributed by atoms with Gasteiger partial charge < -0.3 is 10.4 Å². The van der Waals surface area contributed by atoms with E-state index in [0.717, 1.165) is 25.0 Å². The Morgan fingerprint density at radius 3 is 2.86 bits per heavy atom. The Labute approximate surface area is 125 Å². The fraction of sp³-hybridized carbons (Fsp3) is 0.462. The van der Waals surface area contributed by atoms with E-state index < -0.39 is 22.6 Å². The Bertz CT molecular complexity index is 582. The van der Waals surface area contributed by atoms with Crippen LogP contribution in [0.25, 0.3) is 0 Å². The predicted octanol–water partition coefficient (Wildman–Crippen LogP) is 3.30. The summed E-state index contributed by atoms with van der Waals surface area (Å²) >= 11 is 5.54. The summed E-state index contributed by atoms with van der Waals surface area (Å²) in [5.74, 6) is -2.21. The van der Waals surface area contributed by atoms with Crippen molar-refractivity contribution < 1.29 is 19.2 Å². The lowest BCUT2D eigenvalue weighted by molar-refractivity contribution is -0.384. The van der Waals surface area contributed by atoms with Gasteiger partial charge in [-0.2, -0.15) is 0 Å². The Kier molecular flexibility index (Phi) is 4.62. The number of nitro groups is 1. The van der Waals surface area contributed by atoms with E-state index in [-0.39, 0.29) is 28.9 Å². The lowest BCUT2D eigenvalue weighted by Gasteiger charge is -2.17. The summed E-state index contributed by atoms with van der Waals surface area (Å²) in [6, 6.07) is 1.91. The SMILES string of the molecule is O=C(O)C1CCCC1CNc1cc(F)c(Cl)cc1[N+](=O)[O-]. The van der Waals surface area contributed by atoms with Gasteiger partial charge in [-0.3, -0.25) is 14.9 Å². The number of nitrogens with one attached hydrogen (secondary N) is 1. The van der Waals surface area contributed by atoms with E-state index in [1.54, 1.807) is 0 Å². The molecule has 0 saturated heterocycles. The highest BCUT2D eigenvalue weighted by Crippen LogP contribution is 2.34. The van der Waals surface area contributed by atoms with Gasteiger partial charge in [0.1, 0.15) is 11.5 Å². The van der Waals surface area contributed by atoms with Crippen molar-refractivity contribution in [1.29, 1.82) is 0 Å². The maximum Gasteiger partial charge on any atom is 0.306 e. The van der Waals surface area contributed by atoms with Gasteiger partial charge in [0.2, 0.25) is 0 Å².